The largest absolute Gasteiger partial charge is 1.00 e. The number of halogens is 2. The molecule has 36 valence electrons. The van der Waals surface area contributed by atoms with Crippen molar-refractivity contribution in [2.75, 3.05) is 5.34 Å². The third-order valence-electron chi connectivity index (χ3n) is 0. The molecule has 0 spiro atoms. The van der Waals surface area contributed by atoms with Gasteiger partial charge in [-0.1, -0.05) is 0 Å². The van der Waals surface area contributed by atoms with Crippen LogP contribution >= 0.6 is 23.2 Å². The molecule has 0 aromatic carbocycles. The molecule has 0 saturated heterocycles. The molecule has 0 radical (unpaired) electrons. The normalized spacial score (nSPS) is 3.00. The zero-order valence-electron chi connectivity index (χ0n) is 3.41. The van der Waals surface area contributed by atoms with E-state index in [9.17, 15) is 0 Å². The average molecular weight is 143 g/mol. The van der Waals surface area contributed by atoms with Crippen molar-refractivity contribution in [3.8, 4) is 0 Å². The Morgan fingerprint density at radius 1 is 1.17 bits per heavy atom. The Balaban J connectivity index is -0.00000000667. The maximum Gasteiger partial charge on any atom is 1.00 e. The first-order chi connectivity index (χ1) is 1.41. The van der Waals surface area contributed by atoms with E-state index in [0.29, 0.717) is 0 Å². The zero-order chi connectivity index (χ0) is 2.71. The molecule has 0 aliphatic heterocycles. The molecule has 0 unspecified atom stereocenters. The molecular weight excluding hydrogens is 138 g/mol. The van der Waals surface area contributed by atoms with Gasteiger partial charge in [0.25, 0.3) is 0 Å². The molecular formula is CH5Cl2NaO2. The van der Waals surface area contributed by atoms with Gasteiger partial charge >= 0.3 is 29.6 Å². The summed E-state index contributed by atoms with van der Waals surface area (Å²) in [6, 6.07) is 0. The number of hydrogen-bond donors (Lipinski definition) is 0. The third kappa shape index (κ3) is 49.5. The maximum absolute atomic E-state index is 4.76. The van der Waals surface area contributed by atoms with E-state index in [0.717, 1.165) is 0 Å². The van der Waals surface area contributed by atoms with Gasteiger partial charge in [0.15, 0.2) is 0 Å². The Labute approximate surface area is 68.7 Å². The second-order valence-electron chi connectivity index (χ2n) is 0.101. The van der Waals surface area contributed by atoms with Gasteiger partial charge in [-0.25, -0.2) is 0 Å². The van der Waals surface area contributed by atoms with Gasteiger partial charge in [0.1, 0.15) is 0 Å². The fourth-order valence-electron chi connectivity index (χ4n) is 0. The minimum absolute atomic E-state index is 0. The number of rotatable bonds is 0. The van der Waals surface area contributed by atoms with Crippen LogP contribution in [0.2, 0.25) is 0 Å². The summed E-state index contributed by atoms with van der Waals surface area (Å²) in [5.41, 5.74) is 0. The molecule has 3 N–H and O–H groups in total. The monoisotopic (exact) mass is 142 g/mol. The number of hydrogen-bond acceptors (Lipinski definition) is 1. The summed E-state index contributed by atoms with van der Waals surface area (Å²) in [4.78, 5) is 0. The molecule has 0 fully saturated rings. The van der Waals surface area contributed by atoms with Gasteiger partial charge < -0.3 is 11.0 Å². The summed E-state index contributed by atoms with van der Waals surface area (Å²) >= 11 is 9.53. The van der Waals surface area contributed by atoms with Crippen molar-refractivity contribution < 1.29 is 40.5 Å². The maximum atomic E-state index is 4.76. The molecule has 2 nitrogen and oxygen atoms in total. The summed E-state index contributed by atoms with van der Waals surface area (Å²) < 4.78 is 0. The molecule has 0 aromatic rings. The van der Waals surface area contributed by atoms with Crippen molar-refractivity contribution in [3.63, 3.8) is 0 Å². The average Bonchev–Trinajstić information content (AvgIpc) is 0.918. The van der Waals surface area contributed by atoms with Crippen LogP contribution in [0.15, 0.2) is 0 Å². The fourth-order valence-corrected chi connectivity index (χ4v) is 0. The molecule has 0 amide bonds. The van der Waals surface area contributed by atoms with Gasteiger partial charge in [-0.3, -0.25) is 0 Å². The van der Waals surface area contributed by atoms with Crippen LogP contribution in [-0.2, 0) is 0 Å². The van der Waals surface area contributed by atoms with E-state index in [2.05, 4.69) is 0 Å². The van der Waals surface area contributed by atoms with E-state index < -0.39 is 0 Å². The summed E-state index contributed by atoms with van der Waals surface area (Å²) in [5, 5.41) is 0.194. The van der Waals surface area contributed by atoms with Gasteiger partial charge in [0.2, 0.25) is 0 Å². The Morgan fingerprint density at radius 2 is 1.17 bits per heavy atom. The van der Waals surface area contributed by atoms with Crippen molar-refractivity contribution in [2.24, 2.45) is 0 Å². The van der Waals surface area contributed by atoms with Crippen LogP contribution in [0.5, 0.6) is 0 Å². The minimum atomic E-state index is 0. The topological polar surface area (TPSA) is 61.5 Å². The van der Waals surface area contributed by atoms with Gasteiger partial charge in [0.05, 0.1) is 5.34 Å². The van der Waals surface area contributed by atoms with E-state index in [1.165, 1.54) is 0 Å². The van der Waals surface area contributed by atoms with Crippen LogP contribution in [-0.4, -0.2) is 16.3 Å². The van der Waals surface area contributed by atoms with E-state index in [1.54, 1.807) is 0 Å². The molecule has 0 rings (SSSR count). The van der Waals surface area contributed by atoms with Crippen LogP contribution in [0.3, 0.4) is 0 Å². The van der Waals surface area contributed by atoms with Crippen LogP contribution in [0.4, 0.5) is 0 Å². The summed E-state index contributed by atoms with van der Waals surface area (Å²) in [7, 11) is 0. The van der Waals surface area contributed by atoms with Gasteiger partial charge in [-0.05, 0) is 0 Å². The minimum Gasteiger partial charge on any atom is -0.870 e. The van der Waals surface area contributed by atoms with Crippen LogP contribution in [0.25, 0.3) is 0 Å². The molecule has 0 aromatic heterocycles. The Morgan fingerprint density at radius 3 is 1.17 bits per heavy atom. The molecule has 5 heteroatoms. The quantitative estimate of drug-likeness (QED) is 0.271. The first-order valence-corrected chi connectivity index (χ1v) is 1.60. The molecule has 0 heterocycles. The first-order valence-electron chi connectivity index (χ1n) is 0.535. The van der Waals surface area contributed by atoms with E-state index in [1.807, 2.05) is 0 Å². The predicted octanol–water partition coefficient (Wildman–Crippen LogP) is -2.58. The SMILES string of the molecule is ClCCl.O.[Na+].[OH-]. The molecule has 0 aliphatic carbocycles. The number of alkyl halides is 2. The second kappa shape index (κ2) is 31.5. The van der Waals surface area contributed by atoms with Crippen molar-refractivity contribution in [2.45, 2.75) is 0 Å². The zero-order valence-corrected chi connectivity index (χ0v) is 6.92. The van der Waals surface area contributed by atoms with E-state index >= 15 is 0 Å². The van der Waals surface area contributed by atoms with Crippen LogP contribution in [0.1, 0.15) is 0 Å². The first kappa shape index (κ1) is 25.9. The van der Waals surface area contributed by atoms with Crippen molar-refractivity contribution in [1.29, 1.82) is 0 Å². The molecule has 0 saturated carbocycles. The van der Waals surface area contributed by atoms with Gasteiger partial charge in [-0.15, -0.1) is 23.2 Å². The third-order valence-corrected chi connectivity index (χ3v) is 0. The predicted molar refractivity (Wildman–Crippen MR) is 22.1 cm³/mol. The molecule has 0 atom stereocenters. The van der Waals surface area contributed by atoms with Crippen molar-refractivity contribution in [3.05, 3.63) is 0 Å². The van der Waals surface area contributed by atoms with Crippen molar-refractivity contribution >= 4 is 23.2 Å². The standard InChI is InChI=1S/CH2Cl2.Na.2H2O/c2-1-3;;;/h1H2;;2*1H2/q;+1;;/p-1. The van der Waals surface area contributed by atoms with Crippen LogP contribution in [0, 0.1) is 0 Å². The van der Waals surface area contributed by atoms with E-state index in [4.69, 9.17) is 23.2 Å². The molecule has 6 heavy (non-hydrogen) atoms. The second-order valence-corrected chi connectivity index (χ2v) is 0.909. The molecule has 0 bridgehead atoms. The van der Waals surface area contributed by atoms with Crippen LogP contribution < -0.4 is 29.6 Å². The Hall–Kier alpha value is 1.50. The van der Waals surface area contributed by atoms with Gasteiger partial charge in [-0.2, -0.15) is 0 Å². The Bertz CT molecular complexity index is 11.5. The fraction of sp³-hybridized carbons (Fsp3) is 1.00. The van der Waals surface area contributed by atoms with Crippen molar-refractivity contribution in [1.82, 2.24) is 0 Å². The molecule has 0 aliphatic rings. The van der Waals surface area contributed by atoms with Gasteiger partial charge in [0, 0.05) is 0 Å². The smallest absolute Gasteiger partial charge is 0.870 e. The Kier molecular flexibility index (Phi) is 136. The summed E-state index contributed by atoms with van der Waals surface area (Å²) in [5.74, 6) is 0. The summed E-state index contributed by atoms with van der Waals surface area (Å²) in [6.07, 6.45) is 0. The summed E-state index contributed by atoms with van der Waals surface area (Å²) in [6.45, 7) is 0. The van der Waals surface area contributed by atoms with E-state index in [-0.39, 0.29) is 45.8 Å².